The van der Waals surface area contributed by atoms with E-state index in [9.17, 15) is 13.6 Å². The van der Waals surface area contributed by atoms with Gasteiger partial charge >= 0.3 is 6.61 Å². The lowest BCUT2D eigenvalue weighted by molar-refractivity contribution is -0.0501. The Kier molecular flexibility index (Phi) is 5.93. The summed E-state index contributed by atoms with van der Waals surface area (Å²) in [6.45, 7) is -1.07. The summed E-state index contributed by atoms with van der Waals surface area (Å²) in [5, 5.41) is 3.43. The van der Waals surface area contributed by atoms with Crippen LogP contribution < -0.4 is 10.1 Å². The van der Waals surface area contributed by atoms with Crippen molar-refractivity contribution in [1.82, 2.24) is 5.32 Å². The van der Waals surface area contributed by atoms with Crippen LogP contribution in [0.25, 0.3) is 0 Å². The summed E-state index contributed by atoms with van der Waals surface area (Å²) >= 11 is 5.86. The van der Waals surface area contributed by atoms with Gasteiger partial charge in [0.25, 0.3) is 5.91 Å². The lowest BCUT2D eigenvalue weighted by Gasteiger charge is -2.18. The summed E-state index contributed by atoms with van der Waals surface area (Å²) in [5.41, 5.74) is 0.956. The zero-order valence-corrected chi connectivity index (χ0v) is 13.2. The van der Waals surface area contributed by atoms with E-state index in [0.717, 1.165) is 5.56 Å². The van der Waals surface area contributed by atoms with Gasteiger partial charge in [-0.2, -0.15) is 8.78 Å². The number of alkyl halides is 2. The van der Waals surface area contributed by atoms with Crippen molar-refractivity contribution in [1.29, 1.82) is 0 Å². The molecule has 23 heavy (non-hydrogen) atoms. The topological polar surface area (TPSA) is 38.3 Å². The fraction of sp³-hybridized carbons (Fsp3) is 0.235. The first kappa shape index (κ1) is 17.2. The number of amides is 1. The molecular formula is C17H16ClF2NO2. The molecule has 122 valence electrons. The highest BCUT2D eigenvalue weighted by Crippen LogP contribution is 2.23. The summed E-state index contributed by atoms with van der Waals surface area (Å²) in [6.07, 6.45) is 0.644. The highest BCUT2D eigenvalue weighted by Gasteiger charge is 2.18. The van der Waals surface area contributed by atoms with Crippen LogP contribution >= 0.6 is 11.6 Å². The second-order valence-electron chi connectivity index (χ2n) is 4.86. The van der Waals surface area contributed by atoms with E-state index in [0.29, 0.717) is 11.4 Å². The molecule has 2 rings (SSSR count). The number of hydrogen-bond acceptors (Lipinski definition) is 2. The number of hydrogen-bond donors (Lipinski definition) is 1. The molecule has 0 unspecified atom stereocenters. The summed E-state index contributed by atoms with van der Waals surface area (Å²) < 4.78 is 29.2. The van der Waals surface area contributed by atoms with Crippen molar-refractivity contribution in [2.24, 2.45) is 0 Å². The van der Waals surface area contributed by atoms with Crippen molar-refractivity contribution in [3.8, 4) is 5.75 Å². The maximum atomic E-state index is 12.4. The van der Waals surface area contributed by atoms with E-state index in [2.05, 4.69) is 10.1 Å². The third-order valence-corrected chi connectivity index (χ3v) is 3.59. The van der Waals surface area contributed by atoms with Gasteiger partial charge in [-0.15, -0.1) is 0 Å². The molecule has 0 aliphatic rings. The fourth-order valence-electron chi connectivity index (χ4n) is 2.21. The first-order valence-electron chi connectivity index (χ1n) is 7.11. The van der Waals surface area contributed by atoms with Gasteiger partial charge in [-0.1, -0.05) is 42.8 Å². The largest absolute Gasteiger partial charge is 0.434 e. The smallest absolute Gasteiger partial charge is 0.387 e. The van der Waals surface area contributed by atoms with Crippen molar-refractivity contribution < 1.29 is 18.3 Å². The first-order chi connectivity index (χ1) is 11.0. The molecule has 0 saturated carbocycles. The monoisotopic (exact) mass is 339 g/mol. The van der Waals surface area contributed by atoms with Crippen molar-refractivity contribution >= 4 is 17.5 Å². The van der Waals surface area contributed by atoms with E-state index < -0.39 is 12.5 Å². The zero-order valence-electron chi connectivity index (χ0n) is 12.4. The molecule has 1 amide bonds. The van der Waals surface area contributed by atoms with E-state index in [1.165, 1.54) is 18.2 Å². The van der Waals surface area contributed by atoms with E-state index in [4.69, 9.17) is 11.6 Å². The standard InChI is InChI=1S/C17H16ClF2NO2/c1-2-14(11-7-9-12(18)10-8-11)21-16(22)13-5-3-4-6-15(13)23-17(19)20/h3-10,14,17H,2H2,1H3,(H,21,22)/t14-/m0/s1. The lowest BCUT2D eigenvalue weighted by Crippen LogP contribution is -2.28. The van der Waals surface area contributed by atoms with Crippen molar-refractivity contribution in [3.63, 3.8) is 0 Å². The van der Waals surface area contributed by atoms with Gasteiger partial charge in [0.2, 0.25) is 0 Å². The molecule has 6 heteroatoms. The van der Waals surface area contributed by atoms with Crippen LogP contribution in [0.5, 0.6) is 5.75 Å². The normalized spacial score (nSPS) is 12.0. The molecule has 3 nitrogen and oxygen atoms in total. The predicted octanol–water partition coefficient (Wildman–Crippen LogP) is 4.82. The number of ether oxygens (including phenoxy) is 1. The maximum Gasteiger partial charge on any atom is 0.387 e. The van der Waals surface area contributed by atoms with Crippen molar-refractivity contribution in [2.75, 3.05) is 0 Å². The second kappa shape index (κ2) is 7.92. The van der Waals surface area contributed by atoms with Crippen LogP contribution in [-0.2, 0) is 0 Å². The van der Waals surface area contributed by atoms with Gasteiger partial charge in [-0.3, -0.25) is 4.79 Å². The fourth-order valence-corrected chi connectivity index (χ4v) is 2.33. The van der Waals surface area contributed by atoms with Gasteiger partial charge in [0.05, 0.1) is 11.6 Å². The minimum atomic E-state index is -2.98. The third kappa shape index (κ3) is 4.66. The first-order valence-corrected chi connectivity index (χ1v) is 7.49. The van der Waals surface area contributed by atoms with Gasteiger partial charge in [0.15, 0.2) is 0 Å². The van der Waals surface area contributed by atoms with Gasteiger partial charge < -0.3 is 10.1 Å². The van der Waals surface area contributed by atoms with Crippen LogP contribution in [0.15, 0.2) is 48.5 Å². The highest BCUT2D eigenvalue weighted by molar-refractivity contribution is 6.30. The summed E-state index contributed by atoms with van der Waals surface area (Å²) in [5.74, 6) is -0.617. The predicted molar refractivity (Wildman–Crippen MR) is 85.0 cm³/mol. The van der Waals surface area contributed by atoms with Gasteiger partial charge in [0, 0.05) is 5.02 Å². The average Bonchev–Trinajstić information content (AvgIpc) is 2.53. The molecule has 0 aromatic heterocycles. The highest BCUT2D eigenvalue weighted by atomic mass is 35.5. The minimum Gasteiger partial charge on any atom is -0.434 e. The average molecular weight is 340 g/mol. The maximum absolute atomic E-state index is 12.4. The number of para-hydroxylation sites is 1. The number of carbonyl (C=O) groups is 1. The Morgan fingerprint density at radius 1 is 1.17 bits per heavy atom. The number of halogens is 3. The summed E-state index contributed by atoms with van der Waals surface area (Å²) in [4.78, 5) is 12.4. The summed E-state index contributed by atoms with van der Waals surface area (Å²) in [7, 11) is 0. The van der Waals surface area contributed by atoms with E-state index in [-0.39, 0.29) is 17.4 Å². The van der Waals surface area contributed by atoms with E-state index in [1.54, 1.807) is 18.2 Å². The Hall–Kier alpha value is -2.14. The molecule has 1 N–H and O–H groups in total. The van der Waals surface area contributed by atoms with Crippen LogP contribution in [0.2, 0.25) is 5.02 Å². The minimum absolute atomic E-state index is 0.0696. The molecule has 1 atom stereocenters. The molecule has 0 bridgehead atoms. The van der Waals surface area contributed by atoms with Crippen LogP contribution in [0.4, 0.5) is 8.78 Å². The molecule has 2 aromatic rings. The van der Waals surface area contributed by atoms with Crippen LogP contribution in [-0.4, -0.2) is 12.5 Å². The van der Waals surface area contributed by atoms with E-state index >= 15 is 0 Å². The van der Waals surface area contributed by atoms with Gasteiger partial charge in [0.1, 0.15) is 5.75 Å². The quantitative estimate of drug-likeness (QED) is 0.819. The van der Waals surface area contributed by atoms with Crippen LogP contribution in [0, 0.1) is 0 Å². The summed E-state index contributed by atoms with van der Waals surface area (Å²) in [6, 6.07) is 12.8. The lowest BCUT2D eigenvalue weighted by atomic mass is 10.0. The Morgan fingerprint density at radius 3 is 2.43 bits per heavy atom. The number of carbonyl (C=O) groups excluding carboxylic acids is 1. The molecule has 0 fully saturated rings. The van der Waals surface area contributed by atoms with Crippen LogP contribution in [0.3, 0.4) is 0 Å². The van der Waals surface area contributed by atoms with E-state index in [1.807, 2.05) is 19.1 Å². The number of benzene rings is 2. The van der Waals surface area contributed by atoms with Crippen molar-refractivity contribution in [2.45, 2.75) is 26.0 Å². The Balaban J connectivity index is 2.18. The molecule has 0 aliphatic heterocycles. The molecule has 0 spiro atoms. The third-order valence-electron chi connectivity index (χ3n) is 3.33. The Morgan fingerprint density at radius 2 is 1.83 bits per heavy atom. The Labute approximate surface area is 138 Å². The molecule has 0 heterocycles. The number of nitrogens with one attached hydrogen (secondary N) is 1. The van der Waals surface area contributed by atoms with Crippen molar-refractivity contribution in [3.05, 3.63) is 64.7 Å². The molecule has 2 aromatic carbocycles. The van der Waals surface area contributed by atoms with Crippen LogP contribution in [0.1, 0.15) is 35.3 Å². The Bertz CT molecular complexity index is 662. The molecule has 0 aliphatic carbocycles. The molecule has 0 radical (unpaired) electrons. The molecular weight excluding hydrogens is 324 g/mol. The van der Waals surface area contributed by atoms with Gasteiger partial charge in [-0.05, 0) is 36.2 Å². The molecule has 0 saturated heterocycles. The zero-order chi connectivity index (χ0) is 16.8. The second-order valence-corrected chi connectivity index (χ2v) is 5.30. The SMILES string of the molecule is CC[C@H](NC(=O)c1ccccc1OC(F)F)c1ccc(Cl)cc1. The number of rotatable bonds is 6. The van der Waals surface area contributed by atoms with Gasteiger partial charge in [-0.25, -0.2) is 0 Å².